The van der Waals surface area contributed by atoms with Crippen LogP contribution in [0.15, 0.2) is 12.4 Å². The summed E-state index contributed by atoms with van der Waals surface area (Å²) < 4.78 is 1.37. The van der Waals surface area contributed by atoms with Gasteiger partial charge < -0.3 is 16.0 Å². The molecule has 0 saturated carbocycles. The summed E-state index contributed by atoms with van der Waals surface area (Å²) in [6, 6.07) is -0.961. The molecule has 2 heterocycles. The summed E-state index contributed by atoms with van der Waals surface area (Å²) in [5.74, 6) is -0.171. The summed E-state index contributed by atoms with van der Waals surface area (Å²) in [6.07, 6.45) is 4.84. The van der Waals surface area contributed by atoms with Crippen LogP contribution in [0.25, 0.3) is 0 Å². The molecule has 0 aliphatic carbocycles. The van der Waals surface area contributed by atoms with Crippen LogP contribution in [-0.2, 0) is 11.3 Å². The number of hydrogen-bond donors (Lipinski definition) is 3. The molecule has 0 radical (unpaired) electrons. The first-order chi connectivity index (χ1) is 10.6. The standard InChI is InChI=1S/C12H18N6O4/c19-11-10(3-1-2-4-13-11)16-12(20)14-5-6-17-8-9(7-15-17)18(21)22/h7-8,10H,1-6H2,(H,13,19)(H2,14,16,20). The Labute approximate surface area is 126 Å². The third-order valence-electron chi connectivity index (χ3n) is 3.30. The molecule has 120 valence electrons. The molecule has 1 fully saturated rings. The molecule has 1 atom stereocenters. The molecule has 2 rings (SSSR count). The molecule has 1 aromatic rings. The average Bonchev–Trinajstić information content (AvgIpc) is 2.86. The maximum atomic E-state index is 11.7. The van der Waals surface area contributed by atoms with Crippen molar-refractivity contribution in [1.82, 2.24) is 25.7 Å². The predicted molar refractivity (Wildman–Crippen MR) is 76.1 cm³/mol. The molecule has 1 aliphatic heterocycles. The largest absolute Gasteiger partial charge is 0.354 e. The molecular weight excluding hydrogens is 292 g/mol. The first kappa shape index (κ1) is 15.7. The van der Waals surface area contributed by atoms with Gasteiger partial charge in [-0.2, -0.15) is 5.10 Å². The van der Waals surface area contributed by atoms with Crippen molar-refractivity contribution < 1.29 is 14.5 Å². The van der Waals surface area contributed by atoms with Crippen molar-refractivity contribution in [3.63, 3.8) is 0 Å². The number of rotatable bonds is 5. The fourth-order valence-electron chi connectivity index (χ4n) is 2.14. The smallest absolute Gasteiger partial charge is 0.315 e. The van der Waals surface area contributed by atoms with Gasteiger partial charge in [-0.15, -0.1) is 0 Å². The second kappa shape index (κ2) is 7.38. The predicted octanol–water partition coefficient (Wildman–Crippen LogP) is -0.241. The van der Waals surface area contributed by atoms with E-state index in [-0.39, 0.29) is 18.1 Å². The van der Waals surface area contributed by atoms with Crippen LogP contribution in [0.2, 0.25) is 0 Å². The van der Waals surface area contributed by atoms with Gasteiger partial charge in [0, 0.05) is 13.1 Å². The van der Waals surface area contributed by atoms with Crippen LogP contribution in [0.5, 0.6) is 0 Å². The molecule has 10 heteroatoms. The lowest BCUT2D eigenvalue weighted by Crippen LogP contribution is -2.49. The maximum absolute atomic E-state index is 11.7. The monoisotopic (exact) mass is 310 g/mol. The number of nitrogens with zero attached hydrogens (tertiary/aromatic N) is 3. The van der Waals surface area contributed by atoms with Gasteiger partial charge in [0.05, 0.1) is 11.5 Å². The van der Waals surface area contributed by atoms with Crippen molar-refractivity contribution in [2.45, 2.75) is 31.8 Å². The lowest BCUT2D eigenvalue weighted by Gasteiger charge is -2.15. The highest BCUT2D eigenvalue weighted by Gasteiger charge is 2.22. The summed E-state index contributed by atoms with van der Waals surface area (Å²) in [7, 11) is 0. The Morgan fingerprint density at radius 1 is 1.55 bits per heavy atom. The van der Waals surface area contributed by atoms with Gasteiger partial charge in [-0.1, -0.05) is 0 Å². The Morgan fingerprint density at radius 2 is 2.36 bits per heavy atom. The molecule has 22 heavy (non-hydrogen) atoms. The minimum atomic E-state index is -0.533. The number of aromatic nitrogens is 2. The second-order valence-electron chi connectivity index (χ2n) is 4.96. The highest BCUT2D eigenvalue weighted by Crippen LogP contribution is 2.07. The molecule has 10 nitrogen and oxygen atoms in total. The van der Waals surface area contributed by atoms with Crippen molar-refractivity contribution >= 4 is 17.6 Å². The fourth-order valence-corrected chi connectivity index (χ4v) is 2.14. The number of carbonyl (C=O) groups is 2. The molecule has 0 bridgehead atoms. The van der Waals surface area contributed by atoms with E-state index in [1.807, 2.05) is 0 Å². The van der Waals surface area contributed by atoms with Crippen LogP contribution in [0, 0.1) is 10.1 Å². The minimum Gasteiger partial charge on any atom is -0.354 e. The van der Waals surface area contributed by atoms with Crippen LogP contribution >= 0.6 is 0 Å². The van der Waals surface area contributed by atoms with E-state index in [0.717, 1.165) is 19.0 Å². The third-order valence-corrected chi connectivity index (χ3v) is 3.30. The van der Waals surface area contributed by atoms with Gasteiger partial charge in [0.25, 0.3) is 0 Å². The molecule has 1 saturated heterocycles. The zero-order chi connectivity index (χ0) is 15.9. The SMILES string of the molecule is O=C(NCCn1cc([N+](=O)[O-])cn1)NC1CCCCNC1=O. The normalized spacial score (nSPS) is 18.2. The van der Waals surface area contributed by atoms with E-state index in [9.17, 15) is 19.7 Å². The zero-order valence-electron chi connectivity index (χ0n) is 11.9. The first-order valence-corrected chi connectivity index (χ1v) is 7.05. The topological polar surface area (TPSA) is 131 Å². The molecule has 0 aromatic carbocycles. The zero-order valence-corrected chi connectivity index (χ0v) is 11.9. The molecule has 1 aromatic heterocycles. The van der Waals surface area contributed by atoms with Crippen LogP contribution in [0.3, 0.4) is 0 Å². The molecule has 3 N–H and O–H groups in total. The summed E-state index contributed by atoms with van der Waals surface area (Å²) in [5, 5.41) is 22.3. The van der Waals surface area contributed by atoms with E-state index in [0.29, 0.717) is 19.5 Å². The third kappa shape index (κ3) is 4.43. The minimum absolute atomic E-state index is 0.0976. The lowest BCUT2D eigenvalue weighted by molar-refractivity contribution is -0.385. The number of nitro groups is 1. The van der Waals surface area contributed by atoms with E-state index < -0.39 is 17.0 Å². The van der Waals surface area contributed by atoms with Crippen LogP contribution in [0.1, 0.15) is 19.3 Å². The van der Waals surface area contributed by atoms with Crippen molar-refractivity contribution in [3.8, 4) is 0 Å². The van der Waals surface area contributed by atoms with Crippen LogP contribution in [-0.4, -0.2) is 45.8 Å². The molecule has 0 spiro atoms. The quantitative estimate of drug-likeness (QED) is 0.510. The second-order valence-corrected chi connectivity index (χ2v) is 4.96. The highest BCUT2D eigenvalue weighted by molar-refractivity contribution is 5.87. The number of nitrogens with one attached hydrogen (secondary N) is 3. The Kier molecular flexibility index (Phi) is 5.28. The summed E-state index contributed by atoms with van der Waals surface area (Å²) in [4.78, 5) is 33.4. The van der Waals surface area contributed by atoms with E-state index >= 15 is 0 Å². The Hall–Kier alpha value is -2.65. The van der Waals surface area contributed by atoms with Gasteiger partial charge >= 0.3 is 11.7 Å². The summed E-state index contributed by atoms with van der Waals surface area (Å²) in [6.45, 7) is 1.19. The summed E-state index contributed by atoms with van der Waals surface area (Å²) >= 11 is 0. The van der Waals surface area contributed by atoms with Gasteiger partial charge in [0.15, 0.2) is 0 Å². The van der Waals surface area contributed by atoms with Gasteiger partial charge in [0.1, 0.15) is 18.4 Å². The lowest BCUT2D eigenvalue weighted by atomic mass is 10.1. The van der Waals surface area contributed by atoms with Crippen LogP contribution in [0.4, 0.5) is 10.5 Å². The number of urea groups is 1. The van der Waals surface area contributed by atoms with Gasteiger partial charge in [-0.3, -0.25) is 19.6 Å². The van der Waals surface area contributed by atoms with Crippen molar-refractivity contribution in [3.05, 3.63) is 22.5 Å². The molecule has 1 unspecified atom stereocenters. The molecule has 1 aliphatic rings. The number of hydrogen-bond acceptors (Lipinski definition) is 5. The maximum Gasteiger partial charge on any atom is 0.315 e. The van der Waals surface area contributed by atoms with Crippen molar-refractivity contribution in [2.24, 2.45) is 0 Å². The Bertz CT molecular complexity index is 558. The Morgan fingerprint density at radius 3 is 3.09 bits per heavy atom. The van der Waals surface area contributed by atoms with E-state index in [4.69, 9.17) is 0 Å². The van der Waals surface area contributed by atoms with Crippen LogP contribution < -0.4 is 16.0 Å². The van der Waals surface area contributed by atoms with E-state index in [1.54, 1.807) is 0 Å². The summed E-state index contributed by atoms with van der Waals surface area (Å²) in [5.41, 5.74) is -0.0976. The molecule has 3 amide bonds. The van der Waals surface area contributed by atoms with Gasteiger partial charge in [-0.25, -0.2) is 4.79 Å². The van der Waals surface area contributed by atoms with Gasteiger partial charge in [0.2, 0.25) is 5.91 Å². The first-order valence-electron chi connectivity index (χ1n) is 7.05. The number of carbonyl (C=O) groups excluding carboxylic acids is 2. The Balaban J connectivity index is 1.72. The van der Waals surface area contributed by atoms with Gasteiger partial charge in [-0.05, 0) is 19.3 Å². The highest BCUT2D eigenvalue weighted by atomic mass is 16.6. The van der Waals surface area contributed by atoms with E-state index in [2.05, 4.69) is 21.0 Å². The van der Waals surface area contributed by atoms with Crippen molar-refractivity contribution in [2.75, 3.05) is 13.1 Å². The van der Waals surface area contributed by atoms with Crippen molar-refractivity contribution in [1.29, 1.82) is 0 Å². The number of amides is 3. The average molecular weight is 310 g/mol. The fraction of sp³-hybridized carbons (Fsp3) is 0.583. The molecular formula is C12H18N6O4. The van der Waals surface area contributed by atoms with E-state index in [1.165, 1.54) is 10.9 Å².